The number of nitrogens with zero attached hydrogens (tertiary/aromatic N) is 3. The minimum absolute atomic E-state index is 0.0583. The number of fused-ring (bicyclic) bond motifs is 1. The van der Waals surface area contributed by atoms with Gasteiger partial charge in [0.1, 0.15) is 11.5 Å². The van der Waals surface area contributed by atoms with Crippen LogP contribution in [-0.4, -0.2) is 33.9 Å². The van der Waals surface area contributed by atoms with Gasteiger partial charge >= 0.3 is 0 Å². The lowest BCUT2D eigenvalue weighted by molar-refractivity contribution is 0.0777. The molecule has 1 saturated heterocycles. The SMILES string of the molecule is Cc1cc(C(=O)N2C[C@H]3CC=CC[C@H]3C2)nc(C)n1. The highest BCUT2D eigenvalue weighted by Gasteiger charge is 2.35. The molecule has 2 atom stereocenters. The van der Waals surface area contributed by atoms with Gasteiger partial charge < -0.3 is 4.90 Å². The highest BCUT2D eigenvalue weighted by atomic mass is 16.2. The van der Waals surface area contributed by atoms with Crippen molar-refractivity contribution >= 4 is 5.91 Å². The third kappa shape index (κ3) is 2.39. The Morgan fingerprint density at radius 3 is 2.37 bits per heavy atom. The van der Waals surface area contributed by atoms with Crippen LogP contribution in [0.5, 0.6) is 0 Å². The number of carbonyl (C=O) groups excluding carboxylic acids is 1. The van der Waals surface area contributed by atoms with Crippen LogP contribution in [0.1, 0.15) is 34.8 Å². The first-order chi connectivity index (χ1) is 9.13. The van der Waals surface area contributed by atoms with Crippen molar-refractivity contribution in [1.29, 1.82) is 0 Å². The maximum Gasteiger partial charge on any atom is 0.272 e. The summed E-state index contributed by atoms with van der Waals surface area (Å²) in [5, 5.41) is 0. The van der Waals surface area contributed by atoms with E-state index in [1.54, 1.807) is 6.07 Å². The Labute approximate surface area is 113 Å². The number of carbonyl (C=O) groups is 1. The van der Waals surface area contributed by atoms with Crippen molar-refractivity contribution in [3.8, 4) is 0 Å². The standard InChI is InChI=1S/C15H19N3O/c1-10-7-14(17-11(2)16-10)15(19)18-8-12-5-3-4-6-13(12)9-18/h3-4,7,12-13H,5-6,8-9H2,1-2H3/t12-,13+. The maximum atomic E-state index is 12.5. The van der Waals surface area contributed by atoms with Crippen LogP contribution in [0.15, 0.2) is 18.2 Å². The van der Waals surface area contributed by atoms with Crippen LogP contribution in [0, 0.1) is 25.7 Å². The lowest BCUT2D eigenvalue weighted by Crippen LogP contribution is -2.30. The smallest absolute Gasteiger partial charge is 0.272 e. The van der Waals surface area contributed by atoms with Crippen molar-refractivity contribution in [3.63, 3.8) is 0 Å². The molecule has 1 aromatic rings. The van der Waals surface area contributed by atoms with E-state index in [1.807, 2.05) is 18.7 Å². The van der Waals surface area contributed by atoms with Crippen molar-refractivity contribution in [2.75, 3.05) is 13.1 Å². The third-order valence-corrected chi connectivity index (χ3v) is 4.09. The van der Waals surface area contributed by atoms with Crippen LogP contribution in [0.3, 0.4) is 0 Å². The lowest BCUT2D eigenvalue weighted by Gasteiger charge is -2.17. The number of hydrogen-bond donors (Lipinski definition) is 0. The summed E-state index contributed by atoms with van der Waals surface area (Å²) in [5.74, 6) is 2.00. The number of allylic oxidation sites excluding steroid dienone is 2. The van der Waals surface area contributed by atoms with Gasteiger partial charge in [0.15, 0.2) is 0 Å². The summed E-state index contributed by atoms with van der Waals surface area (Å²) in [5.41, 5.74) is 1.39. The van der Waals surface area contributed by atoms with E-state index in [1.165, 1.54) is 0 Å². The normalized spacial score (nSPS) is 25.5. The highest BCUT2D eigenvalue weighted by Crippen LogP contribution is 2.33. The van der Waals surface area contributed by atoms with Gasteiger partial charge in [-0.15, -0.1) is 0 Å². The summed E-state index contributed by atoms with van der Waals surface area (Å²) < 4.78 is 0. The van der Waals surface area contributed by atoms with Gasteiger partial charge in [-0.3, -0.25) is 4.79 Å². The van der Waals surface area contributed by atoms with E-state index in [2.05, 4.69) is 22.1 Å². The second-order valence-corrected chi connectivity index (χ2v) is 5.61. The van der Waals surface area contributed by atoms with Gasteiger partial charge in [-0.1, -0.05) is 12.2 Å². The fraction of sp³-hybridized carbons (Fsp3) is 0.533. The fourth-order valence-corrected chi connectivity index (χ4v) is 3.17. The number of hydrogen-bond acceptors (Lipinski definition) is 3. The van der Waals surface area contributed by atoms with Crippen molar-refractivity contribution in [2.45, 2.75) is 26.7 Å². The minimum Gasteiger partial charge on any atom is -0.337 e. The Bertz CT molecular complexity index is 502. The molecule has 0 radical (unpaired) electrons. The predicted molar refractivity (Wildman–Crippen MR) is 72.8 cm³/mol. The Morgan fingerprint density at radius 1 is 1.16 bits per heavy atom. The van der Waals surface area contributed by atoms with E-state index in [9.17, 15) is 4.79 Å². The Balaban J connectivity index is 1.78. The summed E-state index contributed by atoms with van der Waals surface area (Å²) in [6.45, 7) is 5.47. The zero-order valence-electron chi connectivity index (χ0n) is 11.5. The molecule has 1 aromatic heterocycles. The molecule has 0 aromatic carbocycles. The monoisotopic (exact) mass is 257 g/mol. The lowest BCUT2D eigenvalue weighted by atomic mass is 9.86. The van der Waals surface area contributed by atoms with Crippen LogP contribution in [0.2, 0.25) is 0 Å². The van der Waals surface area contributed by atoms with E-state index in [4.69, 9.17) is 0 Å². The molecule has 1 amide bonds. The zero-order chi connectivity index (χ0) is 13.4. The molecule has 0 N–H and O–H groups in total. The van der Waals surface area contributed by atoms with Crippen LogP contribution >= 0.6 is 0 Å². The van der Waals surface area contributed by atoms with Crippen molar-refractivity contribution in [1.82, 2.24) is 14.9 Å². The molecular weight excluding hydrogens is 238 g/mol. The molecule has 4 nitrogen and oxygen atoms in total. The Morgan fingerprint density at radius 2 is 1.79 bits per heavy atom. The average Bonchev–Trinajstić information content (AvgIpc) is 2.80. The summed E-state index contributed by atoms with van der Waals surface area (Å²) in [4.78, 5) is 23.0. The number of amides is 1. The largest absolute Gasteiger partial charge is 0.337 e. The Hall–Kier alpha value is -1.71. The number of rotatable bonds is 1. The molecular formula is C15H19N3O. The molecule has 2 heterocycles. The quantitative estimate of drug-likeness (QED) is 0.724. The Kier molecular flexibility index (Phi) is 3.09. The van der Waals surface area contributed by atoms with Crippen LogP contribution in [0.25, 0.3) is 0 Å². The molecule has 4 heteroatoms. The summed E-state index contributed by atoms with van der Waals surface area (Å²) in [7, 11) is 0. The number of aromatic nitrogens is 2. The predicted octanol–water partition coefficient (Wildman–Crippen LogP) is 2.13. The second kappa shape index (κ2) is 4.76. The third-order valence-electron chi connectivity index (χ3n) is 4.09. The summed E-state index contributed by atoms with van der Waals surface area (Å²) >= 11 is 0. The summed E-state index contributed by atoms with van der Waals surface area (Å²) in [6.07, 6.45) is 6.70. The van der Waals surface area contributed by atoms with Gasteiger partial charge in [-0.2, -0.15) is 0 Å². The van der Waals surface area contributed by atoms with Crippen LogP contribution in [0.4, 0.5) is 0 Å². The molecule has 3 rings (SSSR count). The van der Waals surface area contributed by atoms with Crippen LogP contribution < -0.4 is 0 Å². The molecule has 1 fully saturated rings. The highest BCUT2D eigenvalue weighted by molar-refractivity contribution is 5.92. The zero-order valence-corrected chi connectivity index (χ0v) is 11.5. The average molecular weight is 257 g/mol. The van der Waals surface area contributed by atoms with Gasteiger partial charge in [-0.25, -0.2) is 9.97 Å². The minimum atomic E-state index is 0.0583. The molecule has 0 saturated carbocycles. The van der Waals surface area contributed by atoms with Crippen molar-refractivity contribution in [2.24, 2.45) is 11.8 Å². The first-order valence-electron chi connectivity index (χ1n) is 6.90. The summed E-state index contributed by atoms with van der Waals surface area (Å²) in [6, 6.07) is 1.79. The van der Waals surface area contributed by atoms with Gasteiger partial charge in [0, 0.05) is 18.8 Å². The molecule has 19 heavy (non-hydrogen) atoms. The number of aryl methyl sites for hydroxylation is 2. The van der Waals surface area contributed by atoms with Gasteiger partial charge in [0.25, 0.3) is 5.91 Å². The fourth-order valence-electron chi connectivity index (χ4n) is 3.17. The topological polar surface area (TPSA) is 46.1 Å². The first kappa shape index (κ1) is 12.3. The van der Waals surface area contributed by atoms with E-state index in [-0.39, 0.29) is 5.91 Å². The van der Waals surface area contributed by atoms with Crippen LogP contribution in [-0.2, 0) is 0 Å². The molecule has 0 bridgehead atoms. The van der Waals surface area contributed by atoms with E-state index < -0.39 is 0 Å². The molecule has 2 aliphatic rings. The molecule has 1 aliphatic heterocycles. The molecule has 100 valence electrons. The van der Waals surface area contributed by atoms with E-state index in [0.717, 1.165) is 31.6 Å². The molecule has 1 aliphatic carbocycles. The molecule has 0 spiro atoms. The second-order valence-electron chi connectivity index (χ2n) is 5.61. The maximum absolute atomic E-state index is 12.5. The van der Waals surface area contributed by atoms with Gasteiger partial charge in [0.05, 0.1) is 0 Å². The van der Waals surface area contributed by atoms with Crippen molar-refractivity contribution < 1.29 is 4.79 Å². The van der Waals surface area contributed by atoms with E-state index in [0.29, 0.717) is 23.4 Å². The van der Waals surface area contributed by atoms with Gasteiger partial charge in [-0.05, 0) is 44.6 Å². The van der Waals surface area contributed by atoms with Gasteiger partial charge in [0.2, 0.25) is 0 Å². The number of likely N-dealkylation sites (tertiary alicyclic amines) is 1. The first-order valence-corrected chi connectivity index (χ1v) is 6.90. The molecule has 0 unspecified atom stereocenters. The van der Waals surface area contributed by atoms with E-state index >= 15 is 0 Å². The van der Waals surface area contributed by atoms with Crippen molar-refractivity contribution in [3.05, 3.63) is 35.4 Å².